The van der Waals surface area contributed by atoms with Gasteiger partial charge < -0.3 is 198 Å². The van der Waals surface area contributed by atoms with E-state index in [-0.39, 0.29) is 43.1 Å². The van der Waals surface area contributed by atoms with E-state index in [0.29, 0.717) is 44.9 Å². The van der Waals surface area contributed by atoms with Crippen molar-refractivity contribution in [2.45, 2.75) is 379 Å². The number of ether oxygens (including phenoxy) is 18. The van der Waals surface area contributed by atoms with Crippen LogP contribution in [0.4, 0.5) is 0 Å². The SMILES string of the molecule is C=CC(C)(O)CCC=C(C)C(=O)OCC1OC(OC(=O)C23CCC(C)(C)CC2C2=CCC4C5(C)CCC(OC6OC(COC7OCC(O)C(O)C7OC7OCC(O)C(O)C7O)C(OC7OC(CO)C(O)C(O)C7O)C(O)C6NC(C)=O)C(C)(C)C5CCC4(C)C2(C)CC3O)C(OC2OCC(O)C(OC3OCC(O)(CO)C3O)C2O)C(O)C1OC1OC(CO)C(O)C(O)C1OC(C)=O. The maximum Gasteiger partial charge on any atom is 0.333 e. The topological polar surface area (TPSA) is 671 Å². The van der Waals surface area contributed by atoms with Gasteiger partial charge in [-0.15, -0.1) is 6.58 Å². The molecule has 12 fully saturated rings. The number of rotatable bonds is 29. The summed E-state index contributed by atoms with van der Waals surface area (Å²) in [6.07, 6.45) is -55.5. The highest BCUT2D eigenvalue weighted by Crippen LogP contribution is 2.76. The zero-order valence-electron chi connectivity index (χ0n) is 76.0. The van der Waals surface area contributed by atoms with Crippen LogP contribution in [0.1, 0.15) is 147 Å². The summed E-state index contributed by atoms with van der Waals surface area (Å²) in [5.41, 5.74) is -7.96. The van der Waals surface area contributed by atoms with Crippen LogP contribution in [0, 0.1) is 50.2 Å². The molecule has 8 aliphatic heterocycles. The van der Waals surface area contributed by atoms with E-state index >= 15 is 4.79 Å². The molecule has 45 atom stereocenters. The highest BCUT2D eigenvalue weighted by Gasteiger charge is 2.73. The molecule has 44 heteroatoms. The van der Waals surface area contributed by atoms with Crippen LogP contribution in [0.2, 0.25) is 0 Å². The normalized spacial score (nSPS) is 48.9. The van der Waals surface area contributed by atoms with Crippen LogP contribution >= 0.6 is 0 Å². The molecule has 1 amide bonds. The molecule has 132 heavy (non-hydrogen) atoms. The number of amides is 1. The van der Waals surface area contributed by atoms with E-state index in [1.807, 2.05) is 13.8 Å². The first kappa shape index (κ1) is 105. The molecule has 0 spiro atoms. The maximum absolute atomic E-state index is 16.6. The molecule has 0 aromatic rings. The fourth-order valence-corrected chi connectivity index (χ4v) is 23.1. The third kappa shape index (κ3) is 20.2. The molecule has 13 aliphatic rings. The third-order valence-electron chi connectivity index (χ3n) is 31.2. The van der Waals surface area contributed by atoms with Crippen LogP contribution < -0.4 is 5.32 Å². The molecule has 8 saturated heterocycles. The average molecular weight is 1900 g/mol. The Bertz CT molecular complexity index is 4010. The lowest BCUT2D eigenvalue weighted by Crippen LogP contribution is -2.70. The van der Waals surface area contributed by atoms with Gasteiger partial charge in [0.1, 0.15) is 164 Å². The minimum absolute atomic E-state index is 0.00117. The number of allylic oxidation sites excluding steroid dienone is 3. The van der Waals surface area contributed by atoms with E-state index in [1.165, 1.54) is 32.9 Å². The van der Waals surface area contributed by atoms with Gasteiger partial charge in [0, 0.05) is 19.4 Å². The quantitative estimate of drug-likeness (QED) is 0.0109. The molecule has 13 rings (SSSR count). The Hall–Kier alpha value is -4.34. The molecule has 45 unspecified atom stereocenters. The van der Waals surface area contributed by atoms with Gasteiger partial charge in [-0.3, -0.25) is 14.4 Å². The van der Waals surface area contributed by atoms with E-state index < -0.39 is 354 Å². The van der Waals surface area contributed by atoms with E-state index in [9.17, 15) is 122 Å². The predicted octanol–water partition coefficient (Wildman–Crippen LogP) is -6.28. The second kappa shape index (κ2) is 41.1. The summed E-state index contributed by atoms with van der Waals surface area (Å²) in [7, 11) is 0. The minimum atomic E-state index is -2.31. The van der Waals surface area contributed by atoms with E-state index in [0.717, 1.165) is 12.5 Å². The Morgan fingerprint density at radius 3 is 1.74 bits per heavy atom. The van der Waals surface area contributed by atoms with Crippen molar-refractivity contribution < 1.29 is 212 Å². The number of nitrogens with one attached hydrogen (secondary N) is 1. The van der Waals surface area contributed by atoms with Crippen LogP contribution in [0.5, 0.6) is 0 Å². The highest BCUT2D eigenvalue weighted by molar-refractivity contribution is 5.87. The molecule has 0 aromatic carbocycles. The Kier molecular flexibility index (Phi) is 32.7. The third-order valence-corrected chi connectivity index (χ3v) is 31.2. The Morgan fingerprint density at radius 2 is 1.11 bits per heavy atom. The van der Waals surface area contributed by atoms with Gasteiger partial charge in [-0.1, -0.05) is 72.3 Å². The summed E-state index contributed by atoms with van der Waals surface area (Å²) in [5.74, 6) is -4.87. The number of carbonyl (C=O) groups excluding carboxylic acids is 4. The van der Waals surface area contributed by atoms with Gasteiger partial charge in [0.2, 0.25) is 12.2 Å². The molecular weight excluding hydrogens is 1760 g/mol. The molecule has 0 bridgehead atoms. The fourth-order valence-electron chi connectivity index (χ4n) is 23.1. The highest BCUT2D eigenvalue weighted by atomic mass is 16.8. The number of aliphatic hydroxyl groups excluding tert-OH is 19. The van der Waals surface area contributed by atoms with Crippen molar-refractivity contribution >= 4 is 23.8 Å². The lowest BCUT2D eigenvalue weighted by molar-refractivity contribution is -0.382. The smallest absolute Gasteiger partial charge is 0.333 e. The summed E-state index contributed by atoms with van der Waals surface area (Å²) < 4.78 is 110. The number of fused-ring (bicyclic) bond motifs is 7. The second-order valence-corrected chi connectivity index (χ2v) is 40.7. The van der Waals surface area contributed by atoms with Crippen LogP contribution in [0.15, 0.2) is 36.0 Å². The van der Waals surface area contributed by atoms with Gasteiger partial charge in [-0.2, -0.15) is 0 Å². The van der Waals surface area contributed by atoms with Crippen LogP contribution in [0.25, 0.3) is 0 Å². The summed E-state index contributed by atoms with van der Waals surface area (Å²) in [4.78, 5) is 56.9. The summed E-state index contributed by atoms with van der Waals surface area (Å²) >= 11 is 0. The zero-order valence-corrected chi connectivity index (χ0v) is 76.0. The molecule has 22 N–H and O–H groups in total. The molecule has 44 nitrogen and oxygen atoms in total. The minimum Gasteiger partial charge on any atom is -0.459 e. The van der Waals surface area contributed by atoms with E-state index in [2.05, 4.69) is 52.6 Å². The molecule has 0 radical (unpaired) electrons. The summed E-state index contributed by atoms with van der Waals surface area (Å²) in [6, 6.07) is -1.51. The number of aliphatic hydroxyl groups is 21. The lowest BCUT2D eigenvalue weighted by atomic mass is 9.33. The largest absolute Gasteiger partial charge is 0.459 e. The van der Waals surface area contributed by atoms with Crippen molar-refractivity contribution in [3.8, 4) is 0 Å². The lowest BCUT2D eigenvalue weighted by Gasteiger charge is -2.72. The number of hydrogen-bond acceptors (Lipinski definition) is 43. The predicted molar refractivity (Wildman–Crippen MR) is 440 cm³/mol. The van der Waals surface area contributed by atoms with Gasteiger partial charge in [-0.05, 0) is 129 Å². The summed E-state index contributed by atoms with van der Waals surface area (Å²) in [5, 5.41) is 239. The average Bonchev–Trinajstić information content (AvgIpc) is 0.781. The van der Waals surface area contributed by atoms with Gasteiger partial charge in [0.15, 0.2) is 56.2 Å². The van der Waals surface area contributed by atoms with Gasteiger partial charge in [0.05, 0.1) is 70.7 Å². The Balaban J connectivity index is 0.802. The molecule has 5 aliphatic carbocycles. The van der Waals surface area contributed by atoms with Crippen LogP contribution in [-0.4, -0.2) is 423 Å². The number of hydrogen-bond donors (Lipinski definition) is 22. The Morgan fingerprint density at radius 1 is 0.538 bits per heavy atom. The van der Waals surface area contributed by atoms with Crippen LogP contribution in [0.3, 0.4) is 0 Å². The first-order valence-electron chi connectivity index (χ1n) is 45.5. The molecule has 4 saturated carbocycles. The molecule has 754 valence electrons. The van der Waals surface area contributed by atoms with E-state index in [1.54, 1.807) is 0 Å². The zero-order chi connectivity index (χ0) is 96.7. The van der Waals surface area contributed by atoms with Crippen molar-refractivity contribution in [2.75, 3.05) is 59.5 Å². The van der Waals surface area contributed by atoms with Gasteiger partial charge in [0.25, 0.3) is 0 Å². The first-order chi connectivity index (χ1) is 61.9. The van der Waals surface area contributed by atoms with Gasteiger partial charge >= 0.3 is 17.9 Å². The van der Waals surface area contributed by atoms with Crippen molar-refractivity contribution in [1.82, 2.24) is 5.32 Å². The van der Waals surface area contributed by atoms with Crippen molar-refractivity contribution in [2.24, 2.45) is 50.2 Å². The van der Waals surface area contributed by atoms with Crippen molar-refractivity contribution in [3.63, 3.8) is 0 Å². The van der Waals surface area contributed by atoms with Crippen LogP contribution in [-0.2, 0) is 104 Å². The molecule has 0 aromatic heterocycles. The fraction of sp³-hybridized carbons (Fsp3) is 0.886. The number of esters is 3. The number of carbonyl (C=O) groups is 4. The maximum atomic E-state index is 16.6. The second-order valence-electron chi connectivity index (χ2n) is 40.7. The van der Waals surface area contributed by atoms with Crippen molar-refractivity contribution in [3.05, 3.63) is 36.0 Å². The summed E-state index contributed by atoms with van der Waals surface area (Å²) in [6.45, 7) is 16.6. The first-order valence-corrected chi connectivity index (χ1v) is 45.5. The monoisotopic (exact) mass is 1900 g/mol. The molecule has 8 heterocycles. The Labute approximate surface area is 762 Å². The standard InChI is InChI=1S/C88H139NO43/c1-13-83(9,113)20-14-15-36(2)71(111)115-32-46-66(129-77-68(121-38(4)94)59(105)56(102)45(28-91)123-77)62(108)69(131-74-63(109)64(43(97)31-117-74)127-79-70(110)87(114,34-92)35-120-79)78(125-46)132-80(112)88-24-23-81(5,6)25-40(88)39-16-17-49-84(10)21-19-51(82(7,8)48(84)18-22-85(49,11)86(39,12)26-50(88)98)126-72-52(89-37(3)93)57(103)65(128-75-61(107)58(104)55(101)44(27-90)122-75)47(124-72)33-119-76-67(54(100)42(96)30-118-76)130-73-60(106)53(99)41(95)29-116-73/h13,15-16,40-70,72-79,90-92,95-110,113-114H,1,14,17-35H2,2-12H3,(H,89,93). The molecular formula is C88H139NO43. The van der Waals surface area contributed by atoms with Crippen molar-refractivity contribution in [1.29, 1.82) is 0 Å². The van der Waals surface area contributed by atoms with E-state index in [4.69, 9.17) is 85.3 Å². The van der Waals surface area contributed by atoms with Gasteiger partial charge in [-0.25, -0.2) is 4.79 Å².